The zero-order chi connectivity index (χ0) is 28.4. The van der Waals surface area contributed by atoms with Gasteiger partial charge in [-0.15, -0.1) is 0 Å². The fourth-order valence-electron chi connectivity index (χ4n) is 4.94. The third-order valence-corrected chi connectivity index (χ3v) is 8.24. The van der Waals surface area contributed by atoms with Crippen LogP contribution >= 0.6 is 19.8 Å². The van der Waals surface area contributed by atoms with Crippen molar-refractivity contribution in [3.8, 4) is 16.9 Å². The van der Waals surface area contributed by atoms with E-state index in [0.717, 1.165) is 5.69 Å². The van der Waals surface area contributed by atoms with Crippen LogP contribution in [0.4, 0.5) is 10.1 Å². The third-order valence-electron chi connectivity index (χ3n) is 6.98. The van der Waals surface area contributed by atoms with Gasteiger partial charge in [0.15, 0.2) is 0 Å². The van der Waals surface area contributed by atoms with Gasteiger partial charge in [0.05, 0.1) is 11.4 Å². The zero-order valence-electron chi connectivity index (χ0n) is 21.2. The van der Waals surface area contributed by atoms with Crippen LogP contribution in [0, 0.1) is 5.82 Å². The molecule has 1 heterocycles. The summed E-state index contributed by atoms with van der Waals surface area (Å²) in [4.78, 5) is 20.6. The Morgan fingerprint density at radius 3 is 2.20 bits per heavy atom. The minimum Gasteiger partial charge on any atom is -0.508 e. The maximum atomic E-state index is 13.3. The molecule has 1 fully saturated rings. The number of hydrogen-bond donors (Lipinski definition) is 4. The molecule has 4 aromatic rings. The average molecular weight is 580 g/mol. The van der Waals surface area contributed by atoms with E-state index < -0.39 is 25.8 Å². The van der Waals surface area contributed by atoms with E-state index in [1.807, 2.05) is 41.3 Å². The Labute approximate surface area is 236 Å². The molecule has 1 aliphatic rings. The molecule has 5 rings (SSSR count). The van der Waals surface area contributed by atoms with Gasteiger partial charge in [-0.05, 0) is 84.2 Å². The standard InChI is InChI=1S/C30H27FNO6PS/c31-22-11-6-20(7-12-22)26(33)16-17-28-29(32(30(40)38-28)23-4-2-1-3-5-23)25-15-10-21(18-27(25)34)19-8-13-24(14-9-19)39(35,36)37/h1-15,18,26,28-29,33-34H,16-17H2,(H2,35,36,37)/t26?,28-,29-/m1/s1. The van der Waals surface area contributed by atoms with E-state index in [2.05, 4.69) is 0 Å². The van der Waals surface area contributed by atoms with E-state index in [-0.39, 0.29) is 22.0 Å². The molecule has 1 saturated heterocycles. The van der Waals surface area contributed by atoms with E-state index in [0.29, 0.717) is 35.1 Å². The molecule has 0 aromatic heterocycles. The van der Waals surface area contributed by atoms with E-state index in [9.17, 15) is 29.0 Å². The summed E-state index contributed by atoms with van der Waals surface area (Å²) in [5.41, 5.74) is 3.29. The second kappa shape index (κ2) is 11.5. The Bertz CT molecular complexity index is 1550. The molecule has 4 N–H and O–H groups in total. The number of nitrogens with zero attached hydrogens (tertiary/aromatic N) is 1. The highest BCUT2D eigenvalue weighted by Crippen LogP contribution is 2.44. The minimum atomic E-state index is -4.36. The molecule has 3 atom stereocenters. The van der Waals surface area contributed by atoms with Crippen molar-refractivity contribution in [2.75, 3.05) is 4.90 Å². The number of aromatic hydroxyl groups is 1. The van der Waals surface area contributed by atoms with Crippen LogP contribution in [0.1, 0.15) is 36.1 Å². The van der Waals surface area contributed by atoms with Gasteiger partial charge in [0, 0.05) is 11.3 Å². The fourth-order valence-corrected chi connectivity index (χ4v) is 5.82. The molecular formula is C30H27FNO6PS. The van der Waals surface area contributed by atoms with Crippen LogP contribution in [0.3, 0.4) is 0 Å². The number of anilines is 1. The van der Waals surface area contributed by atoms with Crippen LogP contribution in [0.15, 0.2) is 97.1 Å². The van der Waals surface area contributed by atoms with Crippen LogP contribution in [0.5, 0.6) is 5.75 Å². The highest BCUT2D eigenvalue weighted by molar-refractivity contribution is 7.80. The molecule has 0 amide bonds. The zero-order valence-corrected chi connectivity index (χ0v) is 22.9. The van der Waals surface area contributed by atoms with Crippen LogP contribution in [0.25, 0.3) is 11.1 Å². The van der Waals surface area contributed by atoms with Crippen molar-refractivity contribution in [2.24, 2.45) is 0 Å². The SMILES string of the molecule is O=P(O)(O)c1ccc(-c2ccc([C@@H]3[C@@H](CCC(O)c4ccc(F)cc4)OC(=S)N3c3ccccc3)c(O)c2)cc1. The van der Waals surface area contributed by atoms with Gasteiger partial charge in [0.1, 0.15) is 23.7 Å². The number of benzene rings is 4. The number of aliphatic hydroxyl groups excluding tert-OH is 1. The lowest BCUT2D eigenvalue weighted by atomic mass is 9.92. The number of hydrogen-bond acceptors (Lipinski definition) is 5. The third kappa shape index (κ3) is 5.94. The number of phenolic OH excluding ortho intramolecular Hbond substituents is 1. The van der Waals surface area contributed by atoms with Crippen LogP contribution < -0.4 is 10.2 Å². The van der Waals surface area contributed by atoms with Crippen LogP contribution in [0.2, 0.25) is 0 Å². The molecule has 7 nitrogen and oxygen atoms in total. The average Bonchev–Trinajstić information content (AvgIpc) is 3.27. The van der Waals surface area contributed by atoms with Gasteiger partial charge in [-0.3, -0.25) is 9.46 Å². The maximum absolute atomic E-state index is 13.3. The lowest BCUT2D eigenvalue weighted by Gasteiger charge is -2.27. The van der Waals surface area contributed by atoms with Gasteiger partial charge >= 0.3 is 7.60 Å². The Hall–Kier alpha value is -3.59. The quantitative estimate of drug-likeness (QED) is 0.154. The maximum Gasteiger partial charge on any atom is 0.356 e. The van der Waals surface area contributed by atoms with Crippen molar-refractivity contribution < 1.29 is 33.7 Å². The van der Waals surface area contributed by atoms with Crippen molar-refractivity contribution in [2.45, 2.75) is 31.1 Å². The summed E-state index contributed by atoms with van der Waals surface area (Å²) in [6.07, 6.45) is -0.612. The molecule has 0 radical (unpaired) electrons. The van der Waals surface area contributed by atoms with Gasteiger partial charge in [-0.1, -0.05) is 54.6 Å². The number of thiocarbonyl (C=S) groups is 1. The first-order valence-electron chi connectivity index (χ1n) is 12.6. The molecule has 206 valence electrons. The first-order chi connectivity index (χ1) is 19.1. The smallest absolute Gasteiger partial charge is 0.356 e. The molecule has 10 heteroatoms. The molecule has 1 unspecified atom stereocenters. The molecule has 0 aliphatic carbocycles. The summed E-state index contributed by atoms with van der Waals surface area (Å²) >= 11 is 5.61. The number of rotatable bonds is 8. The predicted molar refractivity (Wildman–Crippen MR) is 155 cm³/mol. The Morgan fingerprint density at radius 1 is 0.925 bits per heavy atom. The fraction of sp³-hybridized carbons (Fsp3) is 0.167. The summed E-state index contributed by atoms with van der Waals surface area (Å²) in [6.45, 7) is 0. The molecule has 0 bridgehead atoms. The summed E-state index contributed by atoms with van der Waals surface area (Å²) < 4.78 is 31.0. The summed E-state index contributed by atoms with van der Waals surface area (Å²) in [5.74, 6) is -0.379. The highest BCUT2D eigenvalue weighted by Gasteiger charge is 2.42. The monoisotopic (exact) mass is 579 g/mol. The van der Waals surface area contributed by atoms with Crippen molar-refractivity contribution in [3.05, 3.63) is 114 Å². The van der Waals surface area contributed by atoms with Gasteiger partial charge in [0.25, 0.3) is 5.17 Å². The summed E-state index contributed by atoms with van der Waals surface area (Å²) in [6, 6.07) is 25.7. The number of phenols is 1. The Morgan fingerprint density at radius 2 is 1.57 bits per heavy atom. The largest absolute Gasteiger partial charge is 0.508 e. The second-order valence-electron chi connectivity index (χ2n) is 9.58. The lowest BCUT2D eigenvalue weighted by Crippen LogP contribution is -2.29. The lowest BCUT2D eigenvalue weighted by molar-refractivity contribution is 0.126. The Balaban J connectivity index is 1.45. The topological polar surface area (TPSA) is 110 Å². The van der Waals surface area contributed by atoms with E-state index in [1.54, 1.807) is 36.4 Å². The number of aliphatic hydroxyl groups is 1. The van der Waals surface area contributed by atoms with Crippen LogP contribution in [-0.2, 0) is 9.30 Å². The van der Waals surface area contributed by atoms with E-state index in [4.69, 9.17) is 17.0 Å². The minimum absolute atomic E-state index is 0.000112. The Kier molecular flexibility index (Phi) is 8.03. The van der Waals surface area contributed by atoms with Crippen molar-refractivity contribution in [3.63, 3.8) is 0 Å². The van der Waals surface area contributed by atoms with E-state index in [1.165, 1.54) is 24.3 Å². The molecule has 40 heavy (non-hydrogen) atoms. The first kappa shape index (κ1) is 28.0. The van der Waals surface area contributed by atoms with Gasteiger partial charge in [0.2, 0.25) is 0 Å². The number of halogens is 1. The number of para-hydroxylation sites is 1. The van der Waals surface area contributed by atoms with Crippen molar-refractivity contribution >= 4 is 36.0 Å². The molecule has 0 spiro atoms. The summed E-state index contributed by atoms with van der Waals surface area (Å²) in [7, 11) is -4.36. The second-order valence-corrected chi connectivity index (χ2v) is 11.5. The van der Waals surface area contributed by atoms with Gasteiger partial charge in [-0.2, -0.15) is 0 Å². The number of ether oxygens (including phenoxy) is 1. The van der Waals surface area contributed by atoms with Gasteiger partial charge in [-0.25, -0.2) is 4.39 Å². The van der Waals surface area contributed by atoms with Crippen LogP contribution in [-0.4, -0.2) is 31.3 Å². The van der Waals surface area contributed by atoms with Crippen molar-refractivity contribution in [1.82, 2.24) is 0 Å². The predicted octanol–water partition coefficient (Wildman–Crippen LogP) is 5.75. The molecule has 0 saturated carbocycles. The normalized spacial score (nSPS) is 18.0. The summed E-state index contributed by atoms with van der Waals surface area (Å²) in [5, 5.41) is 22.1. The molecular weight excluding hydrogens is 552 g/mol. The molecule has 4 aromatic carbocycles. The van der Waals surface area contributed by atoms with Gasteiger partial charge < -0.3 is 24.7 Å². The first-order valence-corrected chi connectivity index (χ1v) is 14.6. The van der Waals surface area contributed by atoms with E-state index >= 15 is 0 Å². The molecule has 1 aliphatic heterocycles. The highest BCUT2D eigenvalue weighted by atomic mass is 32.1. The van der Waals surface area contributed by atoms with Crippen molar-refractivity contribution in [1.29, 1.82) is 0 Å².